The summed E-state index contributed by atoms with van der Waals surface area (Å²) in [6.45, 7) is 7.18. The zero-order valence-corrected chi connectivity index (χ0v) is 15.3. The zero-order chi connectivity index (χ0) is 17.6. The zero-order valence-electron chi connectivity index (χ0n) is 15.3. The summed E-state index contributed by atoms with van der Waals surface area (Å²) in [6, 6.07) is 12.3. The second-order valence-electron chi connectivity index (χ2n) is 7.43. The monoisotopic (exact) mass is 339 g/mol. The number of likely N-dealkylation sites (tertiary alicyclic amines) is 1. The Morgan fingerprint density at radius 3 is 2.52 bits per heavy atom. The molecule has 1 aromatic heterocycles. The normalized spacial score (nSPS) is 17.8. The van der Waals surface area contributed by atoms with Crippen LogP contribution in [0, 0.1) is 5.92 Å². The molecule has 3 rings (SSSR count). The van der Waals surface area contributed by atoms with E-state index in [1.165, 1.54) is 5.56 Å². The lowest BCUT2D eigenvalue weighted by atomic mass is 9.88. The summed E-state index contributed by atoms with van der Waals surface area (Å²) in [5.41, 5.74) is 2.32. The number of nitrogens with zero attached hydrogens (tertiary/aromatic N) is 3. The Bertz CT molecular complexity index is 651. The van der Waals surface area contributed by atoms with Crippen LogP contribution in [-0.2, 0) is 13.0 Å². The largest absolute Gasteiger partial charge is 0.392 e. The molecule has 2 aromatic rings. The maximum absolute atomic E-state index is 10.6. The highest BCUT2D eigenvalue weighted by Gasteiger charge is 2.25. The number of benzene rings is 1. The molecule has 0 saturated carbocycles. The van der Waals surface area contributed by atoms with Crippen LogP contribution in [0.15, 0.2) is 42.6 Å². The Hall–Kier alpha value is -1.78. The lowest BCUT2D eigenvalue weighted by Crippen LogP contribution is -2.38. The molecular weight excluding hydrogens is 310 g/mol. The van der Waals surface area contributed by atoms with Gasteiger partial charge in [0.05, 0.1) is 11.8 Å². The smallest absolute Gasteiger partial charge is 0.131 e. The predicted molar refractivity (Wildman–Crippen MR) is 100 cm³/mol. The highest BCUT2D eigenvalue weighted by molar-refractivity contribution is 5.15. The third-order valence-corrected chi connectivity index (χ3v) is 5.10. The standard InChI is InChI=1S/C21H29N3O/c1-16(2)21-22-11-8-19(23-21)15-24-12-9-18(10-13-24)20(25)14-17-6-4-3-5-7-17/h3-8,11,16,18,20,25H,9-10,12-15H2,1-2H3/t20-/m1/s1. The fourth-order valence-corrected chi connectivity index (χ4v) is 3.53. The number of piperidine rings is 1. The van der Waals surface area contributed by atoms with Gasteiger partial charge in [-0.2, -0.15) is 0 Å². The van der Waals surface area contributed by atoms with Gasteiger partial charge >= 0.3 is 0 Å². The summed E-state index contributed by atoms with van der Waals surface area (Å²) in [4.78, 5) is 11.5. The SMILES string of the molecule is CC(C)c1nccc(CN2CCC([C@H](O)Cc3ccccc3)CC2)n1. The number of aromatic nitrogens is 2. The van der Waals surface area contributed by atoms with Crippen molar-refractivity contribution in [3.8, 4) is 0 Å². The summed E-state index contributed by atoms with van der Waals surface area (Å²) in [5.74, 6) is 1.68. The molecule has 1 aromatic carbocycles. The topological polar surface area (TPSA) is 49.2 Å². The minimum absolute atomic E-state index is 0.240. The number of rotatable bonds is 6. The molecule has 2 heterocycles. The number of aliphatic hydroxyl groups is 1. The van der Waals surface area contributed by atoms with E-state index in [9.17, 15) is 5.11 Å². The third kappa shape index (κ3) is 5.10. The van der Waals surface area contributed by atoms with Gasteiger partial charge in [-0.3, -0.25) is 4.90 Å². The summed E-state index contributed by atoms with van der Waals surface area (Å²) in [7, 11) is 0. The van der Waals surface area contributed by atoms with Gasteiger partial charge in [-0.25, -0.2) is 9.97 Å². The van der Waals surface area contributed by atoms with E-state index in [2.05, 4.69) is 40.8 Å². The van der Waals surface area contributed by atoms with Crippen LogP contribution in [0.2, 0.25) is 0 Å². The van der Waals surface area contributed by atoms with Crippen LogP contribution in [0.25, 0.3) is 0 Å². The molecule has 134 valence electrons. The van der Waals surface area contributed by atoms with Crippen LogP contribution in [0.3, 0.4) is 0 Å². The van der Waals surface area contributed by atoms with E-state index >= 15 is 0 Å². The first kappa shape index (κ1) is 18.0. The Morgan fingerprint density at radius 1 is 1.12 bits per heavy atom. The van der Waals surface area contributed by atoms with Gasteiger partial charge in [0.15, 0.2) is 0 Å². The molecule has 1 saturated heterocycles. The van der Waals surface area contributed by atoms with Crippen LogP contribution in [-0.4, -0.2) is 39.2 Å². The minimum atomic E-state index is -0.240. The van der Waals surface area contributed by atoms with Gasteiger partial charge in [0, 0.05) is 18.7 Å². The van der Waals surface area contributed by atoms with E-state index in [4.69, 9.17) is 0 Å². The Kier molecular flexibility index (Phi) is 6.16. The molecule has 1 fully saturated rings. The number of hydrogen-bond acceptors (Lipinski definition) is 4. The minimum Gasteiger partial charge on any atom is -0.392 e. The van der Waals surface area contributed by atoms with E-state index in [0.29, 0.717) is 11.8 Å². The van der Waals surface area contributed by atoms with E-state index in [0.717, 1.165) is 50.4 Å². The molecule has 25 heavy (non-hydrogen) atoms. The van der Waals surface area contributed by atoms with Crippen LogP contribution in [0.5, 0.6) is 0 Å². The number of hydrogen-bond donors (Lipinski definition) is 1. The van der Waals surface area contributed by atoms with Crippen molar-refractivity contribution in [1.82, 2.24) is 14.9 Å². The average Bonchev–Trinajstić information content (AvgIpc) is 2.63. The first-order chi connectivity index (χ1) is 12.1. The molecule has 0 amide bonds. The Balaban J connectivity index is 1.49. The fraction of sp³-hybridized carbons (Fsp3) is 0.524. The summed E-state index contributed by atoms with van der Waals surface area (Å²) >= 11 is 0. The average molecular weight is 339 g/mol. The predicted octanol–water partition coefficient (Wildman–Crippen LogP) is 3.42. The van der Waals surface area contributed by atoms with Crippen LogP contribution < -0.4 is 0 Å². The molecule has 0 spiro atoms. The molecular formula is C21H29N3O. The van der Waals surface area contributed by atoms with Gasteiger partial charge < -0.3 is 5.11 Å². The van der Waals surface area contributed by atoms with Crippen molar-refractivity contribution in [2.75, 3.05) is 13.1 Å². The maximum Gasteiger partial charge on any atom is 0.131 e. The van der Waals surface area contributed by atoms with Gasteiger partial charge in [-0.15, -0.1) is 0 Å². The lowest BCUT2D eigenvalue weighted by Gasteiger charge is -2.34. The van der Waals surface area contributed by atoms with Gasteiger partial charge in [-0.05, 0) is 49.9 Å². The van der Waals surface area contributed by atoms with Gasteiger partial charge in [0.25, 0.3) is 0 Å². The molecule has 0 unspecified atom stereocenters. The molecule has 0 bridgehead atoms. The summed E-state index contributed by atoms with van der Waals surface area (Å²) < 4.78 is 0. The van der Waals surface area contributed by atoms with Crippen molar-refractivity contribution in [2.45, 2.75) is 51.7 Å². The third-order valence-electron chi connectivity index (χ3n) is 5.10. The van der Waals surface area contributed by atoms with Crippen molar-refractivity contribution in [2.24, 2.45) is 5.92 Å². The molecule has 0 aliphatic carbocycles. The Labute approximate surface area is 150 Å². The molecule has 1 N–H and O–H groups in total. The highest BCUT2D eigenvalue weighted by atomic mass is 16.3. The fourth-order valence-electron chi connectivity index (χ4n) is 3.53. The Morgan fingerprint density at radius 2 is 1.84 bits per heavy atom. The maximum atomic E-state index is 10.6. The molecule has 0 radical (unpaired) electrons. The molecule has 1 aliphatic rings. The van der Waals surface area contributed by atoms with E-state index < -0.39 is 0 Å². The van der Waals surface area contributed by atoms with Crippen molar-refractivity contribution >= 4 is 0 Å². The molecule has 4 nitrogen and oxygen atoms in total. The second-order valence-corrected chi connectivity index (χ2v) is 7.43. The van der Waals surface area contributed by atoms with Gasteiger partial charge in [-0.1, -0.05) is 44.2 Å². The first-order valence-electron chi connectivity index (χ1n) is 9.38. The van der Waals surface area contributed by atoms with Crippen molar-refractivity contribution in [1.29, 1.82) is 0 Å². The highest BCUT2D eigenvalue weighted by Crippen LogP contribution is 2.24. The van der Waals surface area contributed by atoms with Crippen molar-refractivity contribution in [3.05, 3.63) is 59.7 Å². The van der Waals surface area contributed by atoms with Crippen molar-refractivity contribution in [3.63, 3.8) is 0 Å². The summed E-state index contributed by atoms with van der Waals surface area (Å²) in [6.07, 6.45) is 4.49. The molecule has 4 heteroatoms. The second kappa shape index (κ2) is 8.54. The van der Waals surface area contributed by atoms with E-state index in [-0.39, 0.29) is 6.10 Å². The number of aliphatic hydroxyl groups excluding tert-OH is 1. The van der Waals surface area contributed by atoms with Crippen LogP contribution in [0.1, 0.15) is 49.7 Å². The molecule has 1 aliphatic heterocycles. The van der Waals surface area contributed by atoms with Crippen LogP contribution in [0.4, 0.5) is 0 Å². The first-order valence-corrected chi connectivity index (χ1v) is 9.38. The van der Waals surface area contributed by atoms with Crippen molar-refractivity contribution < 1.29 is 5.11 Å². The van der Waals surface area contributed by atoms with Gasteiger partial charge in [0.1, 0.15) is 5.82 Å². The van der Waals surface area contributed by atoms with Crippen LogP contribution >= 0.6 is 0 Å². The lowest BCUT2D eigenvalue weighted by molar-refractivity contribution is 0.0573. The molecule has 1 atom stereocenters. The van der Waals surface area contributed by atoms with Gasteiger partial charge in [0.2, 0.25) is 0 Å². The van der Waals surface area contributed by atoms with E-state index in [1.807, 2.05) is 30.5 Å². The quantitative estimate of drug-likeness (QED) is 0.876. The van der Waals surface area contributed by atoms with E-state index in [1.54, 1.807) is 0 Å². The summed E-state index contributed by atoms with van der Waals surface area (Å²) in [5, 5.41) is 10.6.